The van der Waals surface area contributed by atoms with Crippen LogP contribution >= 0.6 is 0 Å². The molecule has 1 aliphatic heterocycles. The van der Waals surface area contributed by atoms with E-state index in [9.17, 15) is 0 Å². The fourth-order valence-corrected chi connectivity index (χ4v) is 3.00. The SMILES string of the molecule is Cc1cc(N2CCC(C)N(Cc3ccccc3)CC2)ncn1. The molecule has 0 N–H and O–H groups in total. The largest absolute Gasteiger partial charge is 0.355 e. The highest BCUT2D eigenvalue weighted by atomic mass is 15.3. The second-order valence-electron chi connectivity index (χ2n) is 6.10. The van der Waals surface area contributed by atoms with Crippen LogP contribution in [0.1, 0.15) is 24.6 Å². The van der Waals surface area contributed by atoms with Crippen LogP contribution < -0.4 is 4.90 Å². The predicted octanol–water partition coefficient (Wildman–Crippen LogP) is 2.89. The van der Waals surface area contributed by atoms with E-state index in [2.05, 4.69) is 63.1 Å². The van der Waals surface area contributed by atoms with Crippen molar-refractivity contribution in [1.29, 1.82) is 0 Å². The second-order valence-corrected chi connectivity index (χ2v) is 6.10. The first-order chi connectivity index (χ1) is 10.7. The molecule has 1 atom stereocenters. The number of benzene rings is 1. The van der Waals surface area contributed by atoms with Gasteiger partial charge in [0.15, 0.2) is 0 Å². The highest BCUT2D eigenvalue weighted by molar-refractivity contribution is 5.38. The van der Waals surface area contributed by atoms with Gasteiger partial charge in [-0.05, 0) is 25.8 Å². The maximum absolute atomic E-state index is 4.44. The summed E-state index contributed by atoms with van der Waals surface area (Å²) in [5, 5.41) is 0. The molecule has 1 unspecified atom stereocenters. The predicted molar refractivity (Wildman–Crippen MR) is 89.9 cm³/mol. The quantitative estimate of drug-likeness (QED) is 0.872. The number of aromatic nitrogens is 2. The number of rotatable bonds is 3. The molecule has 0 amide bonds. The molecule has 2 aromatic rings. The van der Waals surface area contributed by atoms with Gasteiger partial charge < -0.3 is 4.90 Å². The van der Waals surface area contributed by atoms with Gasteiger partial charge in [-0.15, -0.1) is 0 Å². The van der Waals surface area contributed by atoms with Gasteiger partial charge in [0, 0.05) is 44.0 Å². The van der Waals surface area contributed by atoms with Crippen molar-refractivity contribution >= 4 is 5.82 Å². The minimum Gasteiger partial charge on any atom is -0.355 e. The average molecular weight is 296 g/mol. The molecule has 1 saturated heterocycles. The van der Waals surface area contributed by atoms with Gasteiger partial charge >= 0.3 is 0 Å². The highest BCUT2D eigenvalue weighted by Gasteiger charge is 2.21. The minimum absolute atomic E-state index is 0.591. The molecule has 2 heterocycles. The molecule has 22 heavy (non-hydrogen) atoms. The van der Waals surface area contributed by atoms with Crippen LogP contribution in [0.3, 0.4) is 0 Å². The zero-order chi connectivity index (χ0) is 15.4. The fraction of sp³-hybridized carbons (Fsp3) is 0.444. The Labute approximate surface area is 132 Å². The van der Waals surface area contributed by atoms with E-state index in [-0.39, 0.29) is 0 Å². The van der Waals surface area contributed by atoms with E-state index in [1.807, 2.05) is 6.92 Å². The van der Waals surface area contributed by atoms with Gasteiger partial charge in [-0.1, -0.05) is 30.3 Å². The molecule has 4 heteroatoms. The van der Waals surface area contributed by atoms with Gasteiger partial charge in [0.1, 0.15) is 12.1 Å². The normalized spacial score (nSPS) is 19.9. The molecule has 0 saturated carbocycles. The third kappa shape index (κ3) is 3.63. The lowest BCUT2D eigenvalue weighted by molar-refractivity contribution is 0.212. The van der Waals surface area contributed by atoms with E-state index in [1.165, 1.54) is 5.56 Å². The molecule has 3 rings (SSSR count). The first-order valence-corrected chi connectivity index (χ1v) is 8.04. The minimum atomic E-state index is 0.591. The first kappa shape index (κ1) is 15.0. The second kappa shape index (κ2) is 6.88. The van der Waals surface area contributed by atoms with Gasteiger partial charge in [-0.3, -0.25) is 4.90 Å². The lowest BCUT2D eigenvalue weighted by Crippen LogP contribution is -2.34. The maximum Gasteiger partial charge on any atom is 0.132 e. The Morgan fingerprint density at radius 1 is 1.09 bits per heavy atom. The van der Waals surface area contributed by atoms with Crippen molar-refractivity contribution in [2.45, 2.75) is 32.9 Å². The topological polar surface area (TPSA) is 32.3 Å². The summed E-state index contributed by atoms with van der Waals surface area (Å²) in [6, 6.07) is 13.4. The van der Waals surface area contributed by atoms with E-state index in [0.29, 0.717) is 6.04 Å². The fourth-order valence-electron chi connectivity index (χ4n) is 3.00. The van der Waals surface area contributed by atoms with Crippen LogP contribution in [0, 0.1) is 6.92 Å². The van der Waals surface area contributed by atoms with Crippen LogP contribution in [0.15, 0.2) is 42.7 Å². The molecular formula is C18H24N4. The first-order valence-electron chi connectivity index (χ1n) is 8.04. The number of anilines is 1. The Kier molecular flexibility index (Phi) is 4.68. The maximum atomic E-state index is 4.44. The van der Waals surface area contributed by atoms with Gasteiger partial charge in [0.2, 0.25) is 0 Å². The van der Waals surface area contributed by atoms with E-state index in [1.54, 1.807) is 6.33 Å². The summed E-state index contributed by atoms with van der Waals surface area (Å²) in [7, 11) is 0. The molecule has 0 radical (unpaired) electrons. The van der Waals surface area contributed by atoms with Crippen molar-refractivity contribution in [3.8, 4) is 0 Å². The zero-order valence-electron chi connectivity index (χ0n) is 13.4. The number of hydrogen-bond donors (Lipinski definition) is 0. The zero-order valence-corrected chi connectivity index (χ0v) is 13.4. The van der Waals surface area contributed by atoms with Crippen LogP contribution in [-0.4, -0.2) is 40.5 Å². The third-order valence-electron chi connectivity index (χ3n) is 4.44. The van der Waals surface area contributed by atoms with Crippen molar-refractivity contribution in [3.63, 3.8) is 0 Å². The molecule has 0 aliphatic carbocycles. The van der Waals surface area contributed by atoms with Crippen molar-refractivity contribution in [2.75, 3.05) is 24.5 Å². The van der Waals surface area contributed by atoms with Crippen molar-refractivity contribution in [3.05, 3.63) is 54.0 Å². The Hall–Kier alpha value is -1.94. The number of nitrogens with zero attached hydrogens (tertiary/aromatic N) is 4. The molecule has 1 aliphatic rings. The van der Waals surface area contributed by atoms with Gasteiger partial charge in [0.05, 0.1) is 0 Å². The van der Waals surface area contributed by atoms with Crippen LogP contribution in [0.5, 0.6) is 0 Å². The van der Waals surface area contributed by atoms with E-state index in [0.717, 1.165) is 44.1 Å². The van der Waals surface area contributed by atoms with E-state index < -0.39 is 0 Å². The monoisotopic (exact) mass is 296 g/mol. The molecule has 116 valence electrons. The van der Waals surface area contributed by atoms with Crippen molar-refractivity contribution < 1.29 is 0 Å². The number of aryl methyl sites for hydroxylation is 1. The summed E-state index contributed by atoms with van der Waals surface area (Å²) in [4.78, 5) is 13.6. The molecule has 0 spiro atoms. The lowest BCUT2D eigenvalue weighted by atomic mass is 10.1. The van der Waals surface area contributed by atoms with Gasteiger partial charge in [-0.2, -0.15) is 0 Å². The van der Waals surface area contributed by atoms with Gasteiger partial charge in [0.25, 0.3) is 0 Å². The van der Waals surface area contributed by atoms with E-state index in [4.69, 9.17) is 0 Å². The lowest BCUT2D eigenvalue weighted by Gasteiger charge is -2.26. The Balaban J connectivity index is 1.67. The third-order valence-corrected chi connectivity index (χ3v) is 4.44. The molecule has 1 aromatic carbocycles. The summed E-state index contributed by atoms with van der Waals surface area (Å²) in [5.74, 6) is 1.06. The number of hydrogen-bond acceptors (Lipinski definition) is 4. The Morgan fingerprint density at radius 2 is 1.91 bits per heavy atom. The summed E-state index contributed by atoms with van der Waals surface area (Å²) < 4.78 is 0. The van der Waals surface area contributed by atoms with Crippen LogP contribution in [0.25, 0.3) is 0 Å². The molecule has 0 bridgehead atoms. The molecule has 1 fully saturated rings. The molecule has 4 nitrogen and oxygen atoms in total. The van der Waals surface area contributed by atoms with Crippen LogP contribution in [-0.2, 0) is 6.54 Å². The van der Waals surface area contributed by atoms with Crippen molar-refractivity contribution in [1.82, 2.24) is 14.9 Å². The van der Waals surface area contributed by atoms with Gasteiger partial charge in [-0.25, -0.2) is 9.97 Å². The smallest absolute Gasteiger partial charge is 0.132 e. The van der Waals surface area contributed by atoms with Crippen molar-refractivity contribution in [2.24, 2.45) is 0 Å². The summed E-state index contributed by atoms with van der Waals surface area (Å²) in [6.45, 7) is 8.53. The standard InChI is InChI=1S/C18H24N4/c1-15-12-18(20-14-19-15)21-9-8-16(2)22(11-10-21)13-17-6-4-3-5-7-17/h3-7,12,14,16H,8-11,13H2,1-2H3. The highest BCUT2D eigenvalue weighted by Crippen LogP contribution is 2.18. The molecular weight excluding hydrogens is 272 g/mol. The Bertz CT molecular complexity index is 599. The van der Waals surface area contributed by atoms with E-state index >= 15 is 0 Å². The van der Waals surface area contributed by atoms with Crippen LogP contribution in [0.4, 0.5) is 5.82 Å². The summed E-state index contributed by atoms with van der Waals surface area (Å²) >= 11 is 0. The Morgan fingerprint density at radius 3 is 2.68 bits per heavy atom. The average Bonchev–Trinajstić information content (AvgIpc) is 2.71. The summed E-state index contributed by atoms with van der Waals surface area (Å²) in [6.07, 6.45) is 2.83. The summed E-state index contributed by atoms with van der Waals surface area (Å²) in [5.41, 5.74) is 2.42. The van der Waals surface area contributed by atoms with Crippen LogP contribution in [0.2, 0.25) is 0 Å². The molecule has 1 aromatic heterocycles.